The Morgan fingerprint density at radius 1 is 1.23 bits per heavy atom. The van der Waals surface area contributed by atoms with Crippen LogP contribution < -0.4 is 4.74 Å². The van der Waals surface area contributed by atoms with Crippen molar-refractivity contribution in [3.63, 3.8) is 0 Å². The van der Waals surface area contributed by atoms with Gasteiger partial charge in [0.25, 0.3) is 0 Å². The van der Waals surface area contributed by atoms with Crippen LogP contribution in [-0.2, 0) is 21.4 Å². The molecule has 8 heteroatoms. The van der Waals surface area contributed by atoms with Crippen LogP contribution in [0.1, 0.15) is 47.3 Å². The Morgan fingerprint density at radius 2 is 2.06 bits per heavy atom. The number of benzene rings is 1. The third-order valence-electron chi connectivity index (χ3n) is 7.87. The molecule has 1 saturated carbocycles. The predicted octanol–water partition coefficient (Wildman–Crippen LogP) is 0.646. The second-order valence-corrected chi connectivity index (χ2v) is 9.40. The number of likely N-dealkylation sites (N-methyl/N-ethyl adjacent to an activating group) is 1. The largest absolute Gasteiger partial charge is 0.479 e. The monoisotopic (exact) mass is 436 g/mol. The van der Waals surface area contributed by atoms with Gasteiger partial charge in [0.15, 0.2) is 6.10 Å². The smallest absolute Gasteiger partial charge is 0.335 e. The molecule has 170 valence electrons. The number of nitrogens with zero attached hydrogens (tertiary/aromatic N) is 1. The van der Waals surface area contributed by atoms with Crippen molar-refractivity contribution in [2.75, 3.05) is 13.5 Å². The lowest BCUT2D eigenvalue weighted by Crippen LogP contribution is -2.61. The van der Waals surface area contributed by atoms with E-state index in [1.54, 1.807) is 11.0 Å². The second-order valence-electron chi connectivity index (χ2n) is 9.40. The summed E-state index contributed by atoms with van der Waals surface area (Å²) >= 11 is 0. The molecule has 0 amide bonds. The Balaban J connectivity index is 1.46. The number of carboxylic acid groups (broad SMARTS) is 1. The number of likely N-dealkylation sites (tertiary alicyclic amines) is 1. The van der Waals surface area contributed by atoms with Crippen molar-refractivity contribution in [3.8, 4) is 5.75 Å². The van der Waals surface area contributed by atoms with Crippen LogP contribution in [0.3, 0.4) is 0 Å². The van der Waals surface area contributed by atoms with E-state index in [2.05, 4.69) is 0 Å². The molecule has 8 atom stereocenters. The van der Waals surface area contributed by atoms with E-state index in [9.17, 15) is 25.2 Å². The van der Waals surface area contributed by atoms with Gasteiger partial charge in [-0.05, 0) is 68.4 Å². The Labute approximate surface area is 185 Å². The molecular weight excluding hydrogens is 402 g/mol. The average Bonchev–Trinajstić information content (AvgIpc) is 2.78. The molecule has 4 N–H and O–H groups in total. The lowest BCUT2D eigenvalue weighted by Gasteiger charge is -2.58. The highest BCUT2D eigenvalue weighted by molar-refractivity contribution is 5.73. The third kappa shape index (κ3) is 3.27. The maximum absolute atomic E-state index is 11.4. The Kier molecular flexibility index (Phi) is 4.42. The van der Waals surface area contributed by atoms with Gasteiger partial charge in [0, 0.05) is 15.6 Å². The topological polar surface area (TPSA) is 120 Å². The molecule has 2 aliphatic heterocycles. The van der Waals surface area contributed by atoms with Gasteiger partial charge in [-0.3, -0.25) is 0 Å². The van der Waals surface area contributed by atoms with E-state index >= 15 is 0 Å². The van der Waals surface area contributed by atoms with Crippen molar-refractivity contribution < 1.29 is 38.8 Å². The molecule has 1 aromatic rings. The summed E-state index contributed by atoms with van der Waals surface area (Å²) < 4.78 is 35.2. The number of carboxylic acids is 1. The molecule has 2 aliphatic carbocycles. The van der Waals surface area contributed by atoms with E-state index in [-0.39, 0.29) is 17.4 Å². The fourth-order valence-corrected chi connectivity index (χ4v) is 6.34. The minimum Gasteiger partial charge on any atom is -0.479 e. The van der Waals surface area contributed by atoms with Gasteiger partial charge >= 0.3 is 5.97 Å². The fraction of sp³-hybridized carbons (Fsp3) is 0.696. The molecule has 2 heterocycles. The van der Waals surface area contributed by atoms with Crippen LogP contribution in [0.15, 0.2) is 18.2 Å². The molecule has 8 nitrogen and oxygen atoms in total. The standard InChI is InChI=1S/C23H31NO7/c1-24-9-8-23-7-3-2-4-14(23)16(24)10-12-5-6-13(11-15(12)23)30-22-19(27)17(25)18(26)20(31-22)21(28)29/h5-6,11,14,16-20,22,25-27H,2-4,7-10H2,1H3,(H,28,29)/t14?,16?,17?,18-,19?,20?,22+,23?/m0/s1/i1D3. The van der Waals surface area contributed by atoms with Crippen molar-refractivity contribution in [3.05, 3.63) is 29.3 Å². The molecule has 5 rings (SSSR count). The third-order valence-corrected chi connectivity index (χ3v) is 7.87. The maximum atomic E-state index is 11.4. The summed E-state index contributed by atoms with van der Waals surface area (Å²) in [5.41, 5.74) is 2.05. The van der Waals surface area contributed by atoms with Crippen LogP contribution >= 0.6 is 0 Å². The SMILES string of the molecule is [2H]C([2H])([2H])N1CCC23CCCCC2C1Cc1ccc(O[C@@H]2OC(C(=O)O)[C@@H](O)C(O)C2O)cc13. The number of hydrogen-bond acceptors (Lipinski definition) is 7. The summed E-state index contributed by atoms with van der Waals surface area (Å²) in [4.78, 5) is 13.1. The normalized spacial score (nSPS) is 44.2. The minimum atomic E-state index is -2.13. The zero-order valence-corrected chi connectivity index (χ0v) is 17.2. The molecule has 0 radical (unpaired) electrons. The quantitative estimate of drug-likeness (QED) is 0.545. The van der Waals surface area contributed by atoms with Crippen molar-refractivity contribution in [1.82, 2.24) is 4.90 Å². The first-order valence-corrected chi connectivity index (χ1v) is 11.0. The highest BCUT2D eigenvalue weighted by Crippen LogP contribution is 2.56. The molecule has 31 heavy (non-hydrogen) atoms. The lowest BCUT2D eigenvalue weighted by molar-refractivity contribution is -0.271. The first-order chi connectivity index (χ1) is 16.0. The molecule has 4 aliphatic rings. The van der Waals surface area contributed by atoms with E-state index in [0.717, 1.165) is 43.2 Å². The summed E-state index contributed by atoms with van der Waals surface area (Å²) in [6.45, 7) is -1.63. The van der Waals surface area contributed by atoms with Crippen molar-refractivity contribution >= 4 is 5.97 Å². The molecule has 2 bridgehead atoms. The van der Waals surface area contributed by atoms with Crippen LogP contribution in [0.5, 0.6) is 5.75 Å². The Morgan fingerprint density at radius 3 is 2.84 bits per heavy atom. The highest BCUT2D eigenvalue weighted by Gasteiger charge is 2.53. The average molecular weight is 437 g/mol. The van der Waals surface area contributed by atoms with Crippen LogP contribution in [0, 0.1) is 5.92 Å². The molecule has 6 unspecified atom stereocenters. The molecular formula is C23H31NO7. The lowest BCUT2D eigenvalue weighted by atomic mass is 9.52. The Bertz CT molecular complexity index is 959. The van der Waals surface area contributed by atoms with Crippen molar-refractivity contribution in [2.45, 2.75) is 80.7 Å². The fourth-order valence-electron chi connectivity index (χ4n) is 6.34. The van der Waals surface area contributed by atoms with Crippen LogP contribution in [0.25, 0.3) is 0 Å². The van der Waals surface area contributed by atoms with E-state index in [4.69, 9.17) is 13.6 Å². The summed E-state index contributed by atoms with van der Waals surface area (Å²) in [6, 6.07) is 5.45. The number of hydrogen-bond donors (Lipinski definition) is 4. The molecule has 1 aromatic carbocycles. The number of aliphatic hydroxyl groups excluding tert-OH is 3. The van der Waals surface area contributed by atoms with Gasteiger partial charge in [-0.15, -0.1) is 0 Å². The van der Waals surface area contributed by atoms with Crippen LogP contribution in [-0.4, -0.2) is 81.6 Å². The number of aliphatic carboxylic acids is 1. The maximum Gasteiger partial charge on any atom is 0.335 e. The zero-order valence-electron chi connectivity index (χ0n) is 20.2. The van der Waals surface area contributed by atoms with Gasteiger partial charge in [0.05, 0.1) is 0 Å². The van der Waals surface area contributed by atoms with E-state index in [0.29, 0.717) is 18.7 Å². The van der Waals surface area contributed by atoms with Crippen molar-refractivity contribution in [1.29, 1.82) is 0 Å². The first-order valence-electron chi connectivity index (χ1n) is 12.5. The van der Waals surface area contributed by atoms with Gasteiger partial charge in [0.2, 0.25) is 6.29 Å². The number of piperidine rings is 1. The Hall–Kier alpha value is -1.71. The van der Waals surface area contributed by atoms with E-state index < -0.39 is 43.7 Å². The molecule has 0 spiro atoms. The van der Waals surface area contributed by atoms with Gasteiger partial charge in [-0.25, -0.2) is 4.79 Å². The van der Waals surface area contributed by atoms with Gasteiger partial charge in [-0.1, -0.05) is 18.9 Å². The number of aliphatic hydroxyl groups is 3. The highest BCUT2D eigenvalue weighted by atomic mass is 16.7. The summed E-state index contributed by atoms with van der Waals surface area (Å²) in [6.07, 6.45) is -2.90. The van der Waals surface area contributed by atoms with Crippen LogP contribution in [0.2, 0.25) is 0 Å². The van der Waals surface area contributed by atoms with E-state index in [1.165, 1.54) is 0 Å². The summed E-state index contributed by atoms with van der Waals surface area (Å²) in [5, 5.41) is 39.6. The predicted molar refractivity (Wildman–Crippen MR) is 110 cm³/mol. The number of fused-ring (bicyclic) bond motifs is 1. The summed E-state index contributed by atoms with van der Waals surface area (Å²) in [7, 11) is 0. The van der Waals surface area contributed by atoms with E-state index in [1.807, 2.05) is 12.1 Å². The zero-order chi connectivity index (χ0) is 24.4. The van der Waals surface area contributed by atoms with Crippen LogP contribution in [0.4, 0.5) is 0 Å². The molecule has 0 aromatic heterocycles. The number of rotatable bonds is 3. The number of ether oxygens (including phenoxy) is 2. The summed E-state index contributed by atoms with van der Waals surface area (Å²) in [5.74, 6) is -0.873. The van der Waals surface area contributed by atoms with Crippen molar-refractivity contribution in [2.24, 2.45) is 5.92 Å². The van der Waals surface area contributed by atoms with Gasteiger partial charge < -0.3 is 34.8 Å². The first kappa shape index (κ1) is 17.8. The molecule has 2 saturated heterocycles. The molecule has 3 fully saturated rings. The van der Waals surface area contributed by atoms with Gasteiger partial charge in [0.1, 0.15) is 24.1 Å². The second kappa shape index (κ2) is 7.71. The van der Waals surface area contributed by atoms with Gasteiger partial charge in [-0.2, -0.15) is 0 Å². The number of carbonyl (C=O) groups is 1. The minimum absolute atomic E-state index is 0.0442.